The molecule has 6 nitrogen and oxygen atoms in total. The molecular weight excluding hydrogens is 236 g/mol. The average Bonchev–Trinajstić information content (AvgIpc) is 2.28. The third-order valence-electron chi connectivity index (χ3n) is 2.38. The first-order chi connectivity index (χ1) is 8.40. The van der Waals surface area contributed by atoms with Crippen LogP contribution in [0.15, 0.2) is 24.3 Å². The van der Waals surface area contributed by atoms with Gasteiger partial charge in [0, 0.05) is 12.0 Å². The Morgan fingerprint density at radius 3 is 2.28 bits per heavy atom. The zero-order valence-electron chi connectivity index (χ0n) is 9.84. The monoisotopic (exact) mass is 250 g/mol. The Kier molecular flexibility index (Phi) is 4.42. The highest BCUT2D eigenvalue weighted by molar-refractivity contribution is 5.99. The van der Waals surface area contributed by atoms with Crippen LogP contribution in [0.4, 0.5) is 4.79 Å². The summed E-state index contributed by atoms with van der Waals surface area (Å²) in [5, 5.41) is 10.8. The zero-order chi connectivity index (χ0) is 13.7. The number of aryl methyl sites for hydroxylation is 1. The number of rotatable bonds is 5. The van der Waals surface area contributed by atoms with E-state index in [-0.39, 0.29) is 12.2 Å². The van der Waals surface area contributed by atoms with Gasteiger partial charge in [-0.25, -0.2) is 9.59 Å². The van der Waals surface area contributed by atoms with Crippen LogP contribution < -0.4 is 11.1 Å². The Hall–Kier alpha value is -2.37. The second kappa shape index (κ2) is 5.81. The smallest absolute Gasteiger partial charge is 0.326 e. The molecule has 4 N–H and O–H groups in total. The van der Waals surface area contributed by atoms with Crippen LogP contribution >= 0.6 is 0 Å². The number of nitrogens with two attached hydrogens (primary N) is 1. The molecule has 0 saturated carbocycles. The van der Waals surface area contributed by atoms with Crippen molar-refractivity contribution in [2.24, 2.45) is 5.73 Å². The van der Waals surface area contributed by atoms with Crippen molar-refractivity contribution in [3.8, 4) is 0 Å². The summed E-state index contributed by atoms with van der Waals surface area (Å²) in [5.74, 6) is -1.66. The van der Waals surface area contributed by atoms with Crippen LogP contribution in [-0.4, -0.2) is 28.9 Å². The number of carbonyl (C=O) groups excluding carboxylic acids is 2. The number of primary amides is 1. The van der Waals surface area contributed by atoms with E-state index < -0.39 is 18.0 Å². The molecule has 0 fully saturated rings. The van der Waals surface area contributed by atoms with Crippen LogP contribution in [-0.2, 0) is 4.79 Å². The molecule has 0 heterocycles. The number of carboxylic acids is 1. The van der Waals surface area contributed by atoms with Crippen molar-refractivity contribution >= 4 is 17.8 Å². The van der Waals surface area contributed by atoms with Gasteiger partial charge in [-0.2, -0.15) is 0 Å². The molecule has 1 rings (SSSR count). The number of nitrogens with one attached hydrogen (secondary N) is 1. The summed E-state index contributed by atoms with van der Waals surface area (Å²) in [7, 11) is 0. The Bertz CT molecular complexity index is 467. The van der Waals surface area contributed by atoms with Crippen molar-refractivity contribution in [3.63, 3.8) is 0 Å². The van der Waals surface area contributed by atoms with Crippen molar-refractivity contribution < 1.29 is 19.5 Å². The van der Waals surface area contributed by atoms with Crippen LogP contribution in [0.3, 0.4) is 0 Å². The van der Waals surface area contributed by atoms with E-state index in [4.69, 9.17) is 10.8 Å². The summed E-state index contributed by atoms with van der Waals surface area (Å²) >= 11 is 0. The van der Waals surface area contributed by atoms with Crippen molar-refractivity contribution in [3.05, 3.63) is 35.4 Å². The van der Waals surface area contributed by atoms with Crippen LogP contribution in [0.1, 0.15) is 22.3 Å². The lowest BCUT2D eigenvalue weighted by Crippen LogP contribution is -2.44. The largest absolute Gasteiger partial charge is 0.480 e. The van der Waals surface area contributed by atoms with E-state index in [1.54, 1.807) is 24.3 Å². The number of ketones is 1. The molecule has 96 valence electrons. The molecule has 0 aliphatic heterocycles. The fourth-order valence-corrected chi connectivity index (χ4v) is 1.41. The minimum absolute atomic E-state index is 0.332. The fourth-order valence-electron chi connectivity index (χ4n) is 1.41. The Morgan fingerprint density at radius 2 is 1.83 bits per heavy atom. The second-order valence-corrected chi connectivity index (χ2v) is 3.89. The number of amides is 2. The molecule has 0 aromatic heterocycles. The predicted molar refractivity (Wildman–Crippen MR) is 64.3 cm³/mol. The summed E-state index contributed by atoms with van der Waals surface area (Å²) in [4.78, 5) is 33.2. The minimum atomic E-state index is -1.31. The SMILES string of the molecule is Cc1ccc(C(=O)CC(NC(N)=O)C(=O)O)cc1. The molecule has 0 bridgehead atoms. The molecule has 0 spiro atoms. The topological polar surface area (TPSA) is 109 Å². The maximum absolute atomic E-state index is 11.8. The van der Waals surface area contributed by atoms with E-state index in [9.17, 15) is 14.4 Å². The summed E-state index contributed by atoms with van der Waals surface area (Å²) < 4.78 is 0. The number of aliphatic carboxylic acids is 1. The quantitative estimate of drug-likeness (QED) is 0.668. The highest BCUT2D eigenvalue weighted by Gasteiger charge is 2.22. The first-order valence-electron chi connectivity index (χ1n) is 5.29. The highest BCUT2D eigenvalue weighted by atomic mass is 16.4. The first kappa shape index (κ1) is 13.7. The molecule has 0 aliphatic rings. The van der Waals surface area contributed by atoms with E-state index in [0.717, 1.165) is 5.56 Å². The number of urea groups is 1. The number of benzene rings is 1. The van der Waals surface area contributed by atoms with Gasteiger partial charge in [0.15, 0.2) is 5.78 Å². The van der Waals surface area contributed by atoms with E-state index in [2.05, 4.69) is 0 Å². The Balaban J connectivity index is 2.75. The number of hydrogen-bond acceptors (Lipinski definition) is 3. The highest BCUT2D eigenvalue weighted by Crippen LogP contribution is 2.08. The fraction of sp³-hybridized carbons (Fsp3) is 0.250. The number of carbonyl (C=O) groups is 3. The van der Waals surface area contributed by atoms with Crippen LogP contribution in [0.2, 0.25) is 0 Å². The van der Waals surface area contributed by atoms with E-state index in [1.165, 1.54) is 0 Å². The van der Waals surface area contributed by atoms with Gasteiger partial charge in [-0.05, 0) is 6.92 Å². The maximum Gasteiger partial charge on any atom is 0.326 e. The van der Waals surface area contributed by atoms with Gasteiger partial charge in [0.05, 0.1) is 0 Å². The van der Waals surface area contributed by atoms with Crippen molar-refractivity contribution in [1.29, 1.82) is 0 Å². The molecule has 0 saturated heterocycles. The van der Waals surface area contributed by atoms with Gasteiger partial charge in [-0.1, -0.05) is 29.8 Å². The van der Waals surface area contributed by atoms with Crippen LogP contribution in [0.25, 0.3) is 0 Å². The second-order valence-electron chi connectivity index (χ2n) is 3.89. The molecule has 1 aromatic rings. The zero-order valence-corrected chi connectivity index (χ0v) is 9.84. The molecule has 1 aromatic carbocycles. The van der Waals surface area contributed by atoms with Gasteiger partial charge >= 0.3 is 12.0 Å². The standard InChI is InChI=1S/C12H14N2O4/c1-7-2-4-8(5-3-7)10(15)6-9(11(16)17)14-12(13)18/h2-5,9H,6H2,1H3,(H,16,17)(H3,13,14,18). The maximum atomic E-state index is 11.8. The lowest BCUT2D eigenvalue weighted by atomic mass is 10.0. The average molecular weight is 250 g/mol. The van der Waals surface area contributed by atoms with Gasteiger partial charge in [-0.15, -0.1) is 0 Å². The summed E-state index contributed by atoms with van der Waals surface area (Å²) in [5.41, 5.74) is 6.24. The summed E-state index contributed by atoms with van der Waals surface area (Å²) in [6, 6.07) is 4.45. The number of hydrogen-bond donors (Lipinski definition) is 3. The third kappa shape index (κ3) is 3.89. The lowest BCUT2D eigenvalue weighted by molar-refractivity contribution is -0.139. The van der Waals surface area contributed by atoms with Gasteiger partial charge in [-0.3, -0.25) is 4.79 Å². The molecule has 1 unspecified atom stereocenters. The number of carboxylic acid groups (broad SMARTS) is 1. The van der Waals surface area contributed by atoms with Crippen molar-refractivity contribution in [2.45, 2.75) is 19.4 Å². The van der Waals surface area contributed by atoms with Gasteiger partial charge in [0.25, 0.3) is 0 Å². The lowest BCUT2D eigenvalue weighted by Gasteiger charge is -2.11. The van der Waals surface area contributed by atoms with Gasteiger partial charge in [0.2, 0.25) is 0 Å². The predicted octanol–water partition coefficient (Wildman–Crippen LogP) is 0.689. The molecule has 6 heteroatoms. The normalized spacial score (nSPS) is 11.6. The minimum Gasteiger partial charge on any atom is -0.480 e. The number of Topliss-reactive ketones (excluding diaryl/α,β-unsaturated/α-hetero) is 1. The van der Waals surface area contributed by atoms with Crippen molar-refractivity contribution in [2.75, 3.05) is 0 Å². The van der Waals surface area contributed by atoms with Crippen LogP contribution in [0, 0.1) is 6.92 Å². The van der Waals surface area contributed by atoms with Crippen molar-refractivity contribution in [1.82, 2.24) is 5.32 Å². The Labute approximate surface area is 104 Å². The third-order valence-corrected chi connectivity index (χ3v) is 2.38. The molecular formula is C12H14N2O4. The molecule has 1 atom stereocenters. The molecule has 18 heavy (non-hydrogen) atoms. The van der Waals surface area contributed by atoms with E-state index in [0.29, 0.717) is 5.56 Å². The first-order valence-corrected chi connectivity index (χ1v) is 5.29. The van der Waals surface area contributed by atoms with E-state index in [1.807, 2.05) is 12.2 Å². The molecule has 2 amide bonds. The van der Waals surface area contributed by atoms with E-state index >= 15 is 0 Å². The summed E-state index contributed by atoms with van der Waals surface area (Å²) in [6.45, 7) is 1.88. The van der Waals surface area contributed by atoms with Gasteiger partial charge in [0.1, 0.15) is 6.04 Å². The van der Waals surface area contributed by atoms with Crippen LogP contribution in [0.5, 0.6) is 0 Å². The molecule has 0 radical (unpaired) electrons. The molecule has 0 aliphatic carbocycles. The summed E-state index contributed by atoms with van der Waals surface area (Å²) in [6.07, 6.45) is -0.332. The van der Waals surface area contributed by atoms with Gasteiger partial charge < -0.3 is 16.2 Å². The Morgan fingerprint density at radius 1 is 1.28 bits per heavy atom.